The lowest BCUT2D eigenvalue weighted by atomic mass is 10.1. The molecule has 31 heavy (non-hydrogen) atoms. The monoisotopic (exact) mass is 473 g/mol. The number of halogens is 2. The van der Waals surface area contributed by atoms with Gasteiger partial charge < -0.3 is 9.72 Å². The highest BCUT2D eigenvalue weighted by Gasteiger charge is 2.16. The third-order valence-corrected chi connectivity index (χ3v) is 5.96. The molecule has 6 nitrogen and oxygen atoms in total. The van der Waals surface area contributed by atoms with Crippen LogP contribution in [0, 0.1) is 0 Å². The van der Waals surface area contributed by atoms with Crippen LogP contribution in [0.25, 0.3) is 22.5 Å². The van der Waals surface area contributed by atoms with Gasteiger partial charge in [0.2, 0.25) is 10.0 Å². The van der Waals surface area contributed by atoms with Crippen LogP contribution in [-0.2, 0) is 16.6 Å². The molecule has 4 rings (SSSR count). The molecule has 0 amide bonds. The molecule has 9 heteroatoms. The van der Waals surface area contributed by atoms with Crippen molar-refractivity contribution in [1.82, 2.24) is 9.97 Å². The Morgan fingerprint density at radius 1 is 0.839 bits per heavy atom. The number of hydrogen-bond acceptors (Lipinski definition) is 4. The lowest BCUT2D eigenvalue weighted by Gasteiger charge is -2.05. The minimum atomic E-state index is -3.78. The standard InChI is InChI=1S/C22H17Cl2N3O3S/c23-16-5-1-14(2-6-16)21-22(15-3-11-19(12-4-15)31(25,28)29)27-20(26-21)13-30-18-9-7-17(24)8-10-18/h1-12H,13H2,(H,26,27)(H2,25,28,29). The molecule has 0 aliphatic heterocycles. The van der Waals surface area contributed by atoms with Crippen LogP contribution in [0.5, 0.6) is 5.75 Å². The highest BCUT2D eigenvalue weighted by atomic mass is 35.5. The summed E-state index contributed by atoms with van der Waals surface area (Å²) in [6, 6.07) is 20.6. The number of imidazole rings is 1. The van der Waals surface area contributed by atoms with Crippen molar-refractivity contribution in [3.8, 4) is 28.3 Å². The summed E-state index contributed by atoms with van der Waals surface area (Å²) < 4.78 is 28.9. The van der Waals surface area contributed by atoms with E-state index in [-0.39, 0.29) is 11.5 Å². The molecule has 3 aromatic carbocycles. The number of hydrogen-bond donors (Lipinski definition) is 2. The molecule has 0 unspecified atom stereocenters. The van der Waals surface area contributed by atoms with Gasteiger partial charge in [0, 0.05) is 21.2 Å². The van der Waals surface area contributed by atoms with E-state index in [4.69, 9.17) is 33.1 Å². The van der Waals surface area contributed by atoms with Gasteiger partial charge in [0.1, 0.15) is 18.2 Å². The molecule has 0 saturated carbocycles. The Morgan fingerprint density at radius 2 is 1.39 bits per heavy atom. The maximum absolute atomic E-state index is 11.6. The number of aromatic nitrogens is 2. The van der Waals surface area contributed by atoms with E-state index in [1.165, 1.54) is 12.1 Å². The number of H-pyrrole nitrogens is 1. The van der Waals surface area contributed by atoms with Crippen molar-refractivity contribution in [1.29, 1.82) is 0 Å². The van der Waals surface area contributed by atoms with E-state index in [0.717, 1.165) is 16.8 Å². The molecule has 0 saturated heterocycles. The lowest BCUT2D eigenvalue weighted by molar-refractivity contribution is 0.297. The molecular formula is C22H17Cl2N3O3S. The molecule has 4 aromatic rings. The van der Waals surface area contributed by atoms with Gasteiger partial charge in [-0.2, -0.15) is 0 Å². The van der Waals surface area contributed by atoms with Gasteiger partial charge in [-0.05, 0) is 48.5 Å². The average Bonchev–Trinajstić information content (AvgIpc) is 3.18. The Morgan fingerprint density at radius 3 is 1.97 bits per heavy atom. The third kappa shape index (κ3) is 5.08. The van der Waals surface area contributed by atoms with Crippen molar-refractivity contribution in [3.05, 3.63) is 88.7 Å². The van der Waals surface area contributed by atoms with Gasteiger partial charge in [-0.3, -0.25) is 0 Å². The minimum absolute atomic E-state index is 0.0334. The number of ether oxygens (including phenoxy) is 1. The highest BCUT2D eigenvalue weighted by molar-refractivity contribution is 7.89. The quantitative estimate of drug-likeness (QED) is 0.398. The van der Waals surface area contributed by atoms with Gasteiger partial charge in [-0.15, -0.1) is 0 Å². The van der Waals surface area contributed by atoms with Gasteiger partial charge in [0.25, 0.3) is 0 Å². The van der Waals surface area contributed by atoms with Gasteiger partial charge in [-0.1, -0.05) is 47.5 Å². The predicted molar refractivity (Wildman–Crippen MR) is 122 cm³/mol. The topological polar surface area (TPSA) is 98.1 Å². The average molecular weight is 474 g/mol. The van der Waals surface area contributed by atoms with Crippen LogP contribution < -0.4 is 9.88 Å². The van der Waals surface area contributed by atoms with E-state index in [9.17, 15) is 8.42 Å². The summed E-state index contributed by atoms with van der Waals surface area (Å²) in [5.74, 6) is 1.26. The fourth-order valence-electron chi connectivity index (χ4n) is 3.01. The molecule has 0 radical (unpaired) electrons. The van der Waals surface area contributed by atoms with Crippen molar-refractivity contribution in [2.24, 2.45) is 5.14 Å². The number of nitrogens with two attached hydrogens (primary N) is 1. The summed E-state index contributed by atoms with van der Waals surface area (Å²) in [6.07, 6.45) is 0. The number of primary sulfonamides is 1. The summed E-state index contributed by atoms with van der Waals surface area (Å²) >= 11 is 11.9. The molecular weight excluding hydrogens is 457 g/mol. The summed E-state index contributed by atoms with van der Waals surface area (Å²) in [5.41, 5.74) is 3.01. The molecule has 158 valence electrons. The van der Waals surface area contributed by atoms with Gasteiger partial charge >= 0.3 is 0 Å². The normalized spacial score (nSPS) is 11.5. The first kappa shape index (κ1) is 21.4. The second-order valence-electron chi connectivity index (χ2n) is 6.73. The Hall–Kier alpha value is -2.84. The smallest absolute Gasteiger partial charge is 0.238 e. The first-order valence-corrected chi connectivity index (χ1v) is 11.5. The Labute approximate surface area is 189 Å². The molecule has 0 aliphatic carbocycles. The summed E-state index contributed by atoms with van der Waals surface area (Å²) in [7, 11) is -3.78. The minimum Gasteiger partial charge on any atom is -0.486 e. The maximum atomic E-state index is 11.6. The fourth-order valence-corrected chi connectivity index (χ4v) is 3.78. The number of aromatic amines is 1. The Bertz CT molecular complexity index is 1300. The maximum Gasteiger partial charge on any atom is 0.238 e. The first-order valence-electron chi connectivity index (χ1n) is 9.16. The number of nitrogens with one attached hydrogen (secondary N) is 1. The van der Waals surface area contributed by atoms with Crippen molar-refractivity contribution >= 4 is 33.2 Å². The van der Waals surface area contributed by atoms with E-state index in [0.29, 0.717) is 27.3 Å². The van der Waals surface area contributed by atoms with Crippen molar-refractivity contribution in [3.63, 3.8) is 0 Å². The summed E-state index contributed by atoms with van der Waals surface area (Å²) in [4.78, 5) is 8.01. The molecule has 1 heterocycles. The Kier molecular flexibility index (Phi) is 6.02. The number of benzene rings is 3. The zero-order chi connectivity index (χ0) is 22.0. The third-order valence-electron chi connectivity index (χ3n) is 4.53. The van der Waals surface area contributed by atoms with Crippen LogP contribution in [0.15, 0.2) is 77.7 Å². The van der Waals surface area contributed by atoms with Gasteiger partial charge in [0.05, 0.1) is 16.3 Å². The van der Waals surface area contributed by atoms with E-state index in [2.05, 4.69) is 9.97 Å². The first-order chi connectivity index (χ1) is 14.8. The zero-order valence-electron chi connectivity index (χ0n) is 16.0. The molecule has 1 aromatic heterocycles. The van der Waals surface area contributed by atoms with Crippen molar-refractivity contribution < 1.29 is 13.2 Å². The van der Waals surface area contributed by atoms with Crippen LogP contribution in [0.1, 0.15) is 5.82 Å². The number of sulfonamides is 1. The van der Waals surface area contributed by atoms with Gasteiger partial charge in [-0.25, -0.2) is 18.5 Å². The van der Waals surface area contributed by atoms with Crippen LogP contribution in [0.3, 0.4) is 0 Å². The molecule has 3 N–H and O–H groups in total. The zero-order valence-corrected chi connectivity index (χ0v) is 18.4. The second kappa shape index (κ2) is 8.72. The summed E-state index contributed by atoms with van der Waals surface area (Å²) in [6.45, 7) is 0.206. The van der Waals surface area contributed by atoms with Crippen LogP contribution >= 0.6 is 23.2 Å². The largest absolute Gasteiger partial charge is 0.486 e. The Balaban J connectivity index is 1.70. The molecule has 0 fully saturated rings. The molecule has 0 spiro atoms. The SMILES string of the molecule is NS(=O)(=O)c1ccc(-c2nc(COc3ccc(Cl)cc3)[nH]c2-c2ccc(Cl)cc2)cc1. The van der Waals surface area contributed by atoms with Crippen LogP contribution in [0.2, 0.25) is 10.0 Å². The second-order valence-corrected chi connectivity index (χ2v) is 9.16. The predicted octanol–water partition coefficient (Wildman–Crippen LogP) is 5.28. The summed E-state index contributed by atoms with van der Waals surface area (Å²) in [5, 5.41) is 6.45. The number of rotatable bonds is 6. The van der Waals surface area contributed by atoms with Crippen molar-refractivity contribution in [2.75, 3.05) is 0 Å². The molecule has 0 bridgehead atoms. The highest BCUT2D eigenvalue weighted by Crippen LogP contribution is 2.32. The van der Waals surface area contributed by atoms with Crippen LogP contribution in [0.4, 0.5) is 0 Å². The van der Waals surface area contributed by atoms with E-state index in [1.807, 2.05) is 12.1 Å². The van der Waals surface area contributed by atoms with Gasteiger partial charge in [0.15, 0.2) is 0 Å². The van der Waals surface area contributed by atoms with E-state index >= 15 is 0 Å². The fraction of sp³-hybridized carbons (Fsp3) is 0.0455. The molecule has 0 atom stereocenters. The number of nitrogens with zero attached hydrogens (tertiary/aromatic N) is 1. The van der Waals surface area contributed by atoms with Crippen LogP contribution in [-0.4, -0.2) is 18.4 Å². The van der Waals surface area contributed by atoms with E-state index in [1.54, 1.807) is 48.5 Å². The van der Waals surface area contributed by atoms with E-state index < -0.39 is 10.0 Å². The van der Waals surface area contributed by atoms with Crippen molar-refractivity contribution in [2.45, 2.75) is 11.5 Å². The lowest BCUT2D eigenvalue weighted by Crippen LogP contribution is -2.11. The molecule has 0 aliphatic rings.